The molecule has 0 aliphatic carbocycles. The van der Waals surface area contributed by atoms with E-state index in [1.54, 1.807) is 12.4 Å². The van der Waals surface area contributed by atoms with Gasteiger partial charge in [0.15, 0.2) is 0 Å². The number of nitrogens with one attached hydrogen (secondary N) is 1. The standard InChI is InChI=1S/C18H23N5O/c1-22(2)10-8-19-18(24)16-11-21-17(12-20-16)23-9-7-14-5-3-4-6-15(14)13-23/h3-6,11-12H,7-10,13H2,1-2H3,(H,19,24). The molecule has 6 nitrogen and oxygen atoms in total. The minimum absolute atomic E-state index is 0.181. The minimum Gasteiger partial charge on any atom is -0.351 e. The zero-order valence-corrected chi connectivity index (χ0v) is 14.2. The normalized spacial score (nSPS) is 13.7. The molecule has 24 heavy (non-hydrogen) atoms. The molecule has 126 valence electrons. The molecule has 0 saturated heterocycles. The lowest BCUT2D eigenvalue weighted by atomic mass is 10.0. The molecule has 0 bridgehead atoms. The van der Waals surface area contributed by atoms with E-state index in [-0.39, 0.29) is 5.91 Å². The Bertz CT molecular complexity index is 699. The Labute approximate surface area is 142 Å². The molecular weight excluding hydrogens is 302 g/mol. The summed E-state index contributed by atoms with van der Waals surface area (Å²) in [4.78, 5) is 25.0. The van der Waals surface area contributed by atoms with E-state index < -0.39 is 0 Å². The van der Waals surface area contributed by atoms with Gasteiger partial charge in [-0.3, -0.25) is 4.79 Å². The molecule has 6 heteroatoms. The first-order valence-electron chi connectivity index (χ1n) is 8.20. The molecule has 1 aliphatic heterocycles. The van der Waals surface area contributed by atoms with Gasteiger partial charge in [0.1, 0.15) is 11.5 Å². The molecule has 2 aromatic rings. The third-order valence-electron chi connectivity index (χ3n) is 4.17. The van der Waals surface area contributed by atoms with Crippen molar-refractivity contribution in [2.45, 2.75) is 13.0 Å². The van der Waals surface area contributed by atoms with Crippen LogP contribution in [0.25, 0.3) is 0 Å². The van der Waals surface area contributed by atoms with Crippen LogP contribution in [0.15, 0.2) is 36.7 Å². The molecule has 0 spiro atoms. The van der Waals surface area contributed by atoms with Gasteiger partial charge in [0.2, 0.25) is 0 Å². The first-order valence-corrected chi connectivity index (χ1v) is 8.20. The van der Waals surface area contributed by atoms with E-state index in [9.17, 15) is 4.79 Å². The van der Waals surface area contributed by atoms with Crippen LogP contribution in [0.4, 0.5) is 5.82 Å². The minimum atomic E-state index is -0.181. The summed E-state index contributed by atoms with van der Waals surface area (Å²) in [5.74, 6) is 0.634. The van der Waals surface area contributed by atoms with Crippen molar-refractivity contribution in [1.82, 2.24) is 20.2 Å². The van der Waals surface area contributed by atoms with E-state index in [1.165, 1.54) is 11.1 Å². The van der Waals surface area contributed by atoms with Gasteiger partial charge in [-0.15, -0.1) is 0 Å². The molecule has 0 unspecified atom stereocenters. The van der Waals surface area contributed by atoms with Gasteiger partial charge < -0.3 is 15.1 Å². The number of fused-ring (bicyclic) bond motifs is 1. The van der Waals surface area contributed by atoms with Gasteiger partial charge in [-0.05, 0) is 31.6 Å². The number of hydrogen-bond acceptors (Lipinski definition) is 5. The van der Waals surface area contributed by atoms with Crippen LogP contribution in [-0.4, -0.2) is 54.5 Å². The number of likely N-dealkylation sites (N-methyl/N-ethyl adjacent to an activating group) is 1. The summed E-state index contributed by atoms with van der Waals surface area (Å²) in [6.45, 7) is 3.14. The van der Waals surface area contributed by atoms with Crippen LogP contribution >= 0.6 is 0 Å². The summed E-state index contributed by atoms with van der Waals surface area (Å²) in [6.07, 6.45) is 4.25. The molecule has 3 rings (SSSR count). The Morgan fingerprint density at radius 2 is 2.00 bits per heavy atom. The number of aromatic nitrogens is 2. The fourth-order valence-electron chi connectivity index (χ4n) is 2.78. The molecule has 1 aromatic heterocycles. The van der Waals surface area contributed by atoms with Crippen molar-refractivity contribution >= 4 is 11.7 Å². The molecule has 0 saturated carbocycles. The maximum atomic E-state index is 12.0. The van der Waals surface area contributed by atoms with E-state index in [0.717, 1.165) is 31.9 Å². The zero-order chi connectivity index (χ0) is 16.9. The van der Waals surface area contributed by atoms with Crippen LogP contribution in [0.2, 0.25) is 0 Å². The zero-order valence-electron chi connectivity index (χ0n) is 14.2. The third-order valence-corrected chi connectivity index (χ3v) is 4.17. The molecule has 0 atom stereocenters. The van der Waals surface area contributed by atoms with Gasteiger partial charge in [0.25, 0.3) is 5.91 Å². The summed E-state index contributed by atoms with van der Waals surface area (Å²) in [5.41, 5.74) is 3.09. The van der Waals surface area contributed by atoms with Crippen molar-refractivity contribution in [3.05, 3.63) is 53.5 Å². The number of anilines is 1. The molecule has 0 fully saturated rings. The number of rotatable bonds is 5. The van der Waals surface area contributed by atoms with Crippen molar-refractivity contribution in [2.75, 3.05) is 38.6 Å². The summed E-state index contributed by atoms with van der Waals surface area (Å²) < 4.78 is 0. The first kappa shape index (κ1) is 16.4. The van der Waals surface area contributed by atoms with Crippen LogP contribution in [0.3, 0.4) is 0 Å². The van der Waals surface area contributed by atoms with Gasteiger partial charge >= 0.3 is 0 Å². The van der Waals surface area contributed by atoms with E-state index in [4.69, 9.17) is 0 Å². The molecule has 1 aliphatic rings. The van der Waals surface area contributed by atoms with Gasteiger partial charge in [-0.25, -0.2) is 9.97 Å². The summed E-state index contributed by atoms with van der Waals surface area (Å²) >= 11 is 0. The van der Waals surface area contributed by atoms with Crippen molar-refractivity contribution < 1.29 is 4.79 Å². The van der Waals surface area contributed by atoms with Crippen LogP contribution in [0, 0.1) is 0 Å². The highest BCUT2D eigenvalue weighted by Gasteiger charge is 2.17. The summed E-state index contributed by atoms with van der Waals surface area (Å²) in [6, 6.07) is 8.48. The highest BCUT2D eigenvalue weighted by atomic mass is 16.1. The molecule has 1 amide bonds. The summed E-state index contributed by atoms with van der Waals surface area (Å²) in [7, 11) is 3.94. The lowest BCUT2D eigenvalue weighted by molar-refractivity contribution is 0.0945. The number of hydrogen-bond donors (Lipinski definition) is 1. The second-order valence-electron chi connectivity index (χ2n) is 6.26. The molecule has 1 N–H and O–H groups in total. The SMILES string of the molecule is CN(C)CCNC(=O)c1cnc(N2CCc3ccccc3C2)cn1. The largest absolute Gasteiger partial charge is 0.351 e. The van der Waals surface area contributed by atoms with Crippen LogP contribution in [0.5, 0.6) is 0 Å². The first-order chi connectivity index (χ1) is 11.6. The predicted molar refractivity (Wildman–Crippen MR) is 94.1 cm³/mol. The van der Waals surface area contributed by atoms with E-state index in [1.807, 2.05) is 19.0 Å². The lowest BCUT2D eigenvalue weighted by Crippen LogP contribution is -2.33. The van der Waals surface area contributed by atoms with E-state index >= 15 is 0 Å². The van der Waals surface area contributed by atoms with Crippen LogP contribution < -0.4 is 10.2 Å². The van der Waals surface area contributed by atoms with Crippen molar-refractivity contribution in [3.63, 3.8) is 0 Å². The highest BCUT2D eigenvalue weighted by Crippen LogP contribution is 2.22. The number of carbonyl (C=O) groups is 1. The van der Waals surface area contributed by atoms with Crippen molar-refractivity contribution in [3.8, 4) is 0 Å². The third kappa shape index (κ3) is 3.89. The maximum Gasteiger partial charge on any atom is 0.271 e. The second kappa shape index (κ2) is 7.40. The average Bonchev–Trinajstić information content (AvgIpc) is 2.61. The Morgan fingerprint density at radius 1 is 1.21 bits per heavy atom. The van der Waals surface area contributed by atoms with Gasteiger partial charge in [0.05, 0.1) is 12.4 Å². The van der Waals surface area contributed by atoms with Gasteiger partial charge in [-0.2, -0.15) is 0 Å². The Kier molecular flexibility index (Phi) is 5.05. The van der Waals surface area contributed by atoms with Crippen molar-refractivity contribution in [2.24, 2.45) is 0 Å². The fourth-order valence-corrected chi connectivity index (χ4v) is 2.78. The smallest absolute Gasteiger partial charge is 0.271 e. The monoisotopic (exact) mass is 325 g/mol. The molecule has 1 aromatic carbocycles. The Balaban J connectivity index is 1.62. The number of amides is 1. The van der Waals surface area contributed by atoms with Crippen molar-refractivity contribution in [1.29, 1.82) is 0 Å². The number of nitrogens with zero attached hydrogens (tertiary/aromatic N) is 4. The number of carbonyl (C=O) groups excluding carboxylic acids is 1. The summed E-state index contributed by atoms with van der Waals surface area (Å²) in [5, 5.41) is 2.85. The van der Waals surface area contributed by atoms with Gasteiger partial charge in [-0.1, -0.05) is 24.3 Å². The fraction of sp³-hybridized carbons (Fsp3) is 0.389. The highest BCUT2D eigenvalue weighted by molar-refractivity contribution is 5.92. The lowest BCUT2D eigenvalue weighted by Gasteiger charge is -2.29. The molecular formula is C18H23N5O. The predicted octanol–water partition coefficient (Wildman–Crippen LogP) is 1.33. The molecule has 2 heterocycles. The quantitative estimate of drug-likeness (QED) is 0.899. The van der Waals surface area contributed by atoms with Crippen LogP contribution in [-0.2, 0) is 13.0 Å². The maximum absolute atomic E-state index is 12.0. The van der Waals surface area contributed by atoms with Crippen LogP contribution in [0.1, 0.15) is 21.6 Å². The Morgan fingerprint density at radius 3 is 2.71 bits per heavy atom. The molecule has 0 radical (unpaired) electrons. The van der Waals surface area contributed by atoms with E-state index in [2.05, 4.69) is 44.5 Å². The topological polar surface area (TPSA) is 61.4 Å². The second-order valence-corrected chi connectivity index (χ2v) is 6.26. The number of benzene rings is 1. The Hall–Kier alpha value is -2.47. The van der Waals surface area contributed by atoms with Gasteiger partial charge in [0, 0.05) is 26.2 Å². The average molecular weight is 325 g/mol. The van der Waals surface area contributed by atoms with E-state index in [0.29, 0.717) is 12.2 Å².